The summed E-state index contributed by atoms with van der Waals surface area (Å²) in [7, 11) is 1.54. The number of rotatable bonds is 5. The van der Waals surface area contributed by atoms with Crippen LogP contribution in [0.15, 0.2) is 54.9 Å². The van der Waals surface area contributed by atoms with Crippen LogP contribution in [0.2, 0.25) is 5.02 Å². The molecule has 8 heteroatoms. The normalized spacial score (nSPS) is 10.3. The molecular formula is C18H14ClFN4O2. The maximum atomic E-state index is 13.2. The van der Waals surface area contributed by atoms with E-state index in [9.17, 15) is 9.18 Å². The van der Waals surface area contributed by atoms with E-state index in [1.807, 2.05) is 0 Å². The molecule has 0 fully saturated rings. The fraction of sp³-hybridized carbons (Fsp3) is 0.0556. The zero-order valence-electron chi connectivity index (χ0n) is 13.7. The molecular weight excluding hydrogens is 359 g/mol. The van der Waals surface area contributed by atoms with Crippen molar-refractivity contribution >= 4 is 34.7 Å². The average Bonchev–Trinajstić information content (AvgIpc) is 2.62. The highest BCUT2D eigenvalue weighted by Crippen LogP contribution is 2.29. The Labute approximate surface area is 154 Å². The van der Waals surface area contributed by atoms with Gasteiger partial charge in [-0.25, -0.2) is 14.4 Å². The third-order valence-corrected chi connectivity index (χ3v) is 3.63. The second-order valence-electron chi connectivity index (χ2n) is 5.22. The molecule has 0 aliphatic heterocycles. The van der Waals surface area contributed by atoms with Gasteiger partial charge in [0, 0.05) is 10.7 Å². The first-order valence-corrected chi connectivity index (χ1v) is 7.92. The van der Waals surface area contributed by atoms with E-state index in [0.717, 1.165) is 0 Å². The van der Waals surface area contributed by atoms with E-state index in [1.165, 1.54) is 30.6 Å². The number of aromatic nitrogens is 2. The molecule has 0 aliphatic carbocycles. The van der Waals surface area contributed by atoms with Crippen molar-refractivity contribution in [3.63, 3.8) is 0 Å². The quantitative estimate of drug-likeness (QED) is 0.699. The van der Waals surface area contributed by atoms with Crippen molar-refractivity contribution in [2.45, 2.75) is 0 Å². The van der Waals surface area contributed by atoms with E-state index in [1.54, 1.807) is 31.4 Å². The molecule has 0 saturated heterocycles. The van der Waals surface area contributed by atoms with E-state index in [4.69, 9.17) is 16.3 Å². The standard InChI is InChI=1S/C18H14ClFN4O2/c1-26-16-6-5-11(19)7-14(16)24-17-10-21-15(9-22-17)18(25)23-13-4-2-3-12(20)8-13/h2-10H,1H3,(H,22,24)(H,23,25). The Kier molecular flexibility index (Phi) is 5.28. The van der Waals surface area contributed by atoms with Gasteiger partial charge >= 0.3 is 0 Å². The van der Waals surface area contributed by atoms with Crippen molar-refractivity contribution in [1.29, 1.82) is 0 Å². The molecule has 26 heavy (non-hydrogen) atoms. The van der Waals surface area contributed by atoms with Crippen molar-refractivity contribution in [3.05, 3.63) is 71.4 Å². The SMILES string of the molecule is COc1ccc(Cl)cc1Nc1cnc(C(=O)Nc2cccc(F)c2)cn1. The van der Waals surface area contributed by atoms with Gasteiger partial charge in [0.2, 0.25) is 0 Å². The molecule has 0 aliphatic rings. The number of methoxy groups -OCH3 is 1. The van der Waals surface area contributed by atoms with E-state index >= 15 is 0 Å². The van der Waals surface area contributed by atoms with E-state index < -0.39 is 11.7 Å². The minimum absolute atomic E-state index is 0.0953. The van der Waals surface area contributed by atoms with Crippen molar-refractivity contribution in [1.82, 2.24) is 9.97 Å². The van der Waals surface area contributed by atoms with Crippen LogP contribution in [0, 0.1) is 5.82 Å². The number of benzene rings is 2. The molecule has 1 amide bonds. The Morgan fingerprint density at radius 3 is 2.69 bits per heavy atom. The largest absolute Gasteiger partial charge is 0.495 e. The van der Waals surface area contributed by atoms with Crippen molar-refractivity contribution in [2.75, 3.05) is 17.7 Å². The van der Waals surface area contributed by atoms with Gasteiger partial charge in [0.05, 0.1) is 25.2 Å². The Hall–Kier alpha value is -3.19. The lowest BCUT2D eigenvalue weighted by Gasteiger charge is -2.11. The number of anilines is 3. The Balaban J connectivity index is 1.72. The maximum absolute atomic E-state index is 13.2. The van der Waals surface area contributed by atoms with Gasteiger partial charge in [-0.05, 0) is 36.4 Å². The lowest BCUT2D eigenvalue weighted by Crippen LogP contribution is -2.14. The molecule has 1 heterocycles. The Morgan fingerprint density at radius 2 is 2.00 bits per heavy atom. The van der Waals surface area contributed by atoms with Crippen molar-refractivity contribution < 1.29 is 13.9 Å². The van der Waals surface area contributed by atoms with Crippen LogP contribution in [0.5, 0.6) is 5.75 Å². The van der Waals surface area contributed by atoms with Crippen LogP contribution >= 0.6 is 11.6 Å². The summed E-state index contributed by atoms with van der Waals surface area (Å²) >= 11 is 5.98. The fourth-order valence-electron chi connectivity index (χ4n) is 2.19. The minimum atomic E-state index is -0.491. The van der Waals surface area contributed by atoms with E-state index in [-0.39, 0.29) is 5.69 Å². The van der Waals surface area contributed by atoms with Gasteiger partial charge in [-0.3, -0.25) is 4.79 Å². The third kappa shape index (κ3) is 4.25. The van der Waals surface area contributed by atoms with Gasteiger partial charge in [-0.1, -0.05) is 17.7 Å². The molecule has 3 rings (SSSR count). The van der Waals surface area contributed by atoms with Crippen LogP contribution in [0.25, 0.3) is 0 Å². The third-order valence-electron chi connectivity index (χ3n) is 3.39. The molecule has 0 saturated carbocycles. The molecule has 0 unspecified atom stereocenters. The number of hydrogen-bond donors (Lipinski definition) is 2. The summed E-state index contributed by atoms with van der Waals surface area (Å²) < 4.78 is 18.4. The zero-order valence-corrected chi connectivity index (χ0v) is 14.4. The summed E-state index contributed by atoms with van der Waals surface area (Å²) in [5.41, 5.74) is 1.05. The smallest absolute Gasteiger partial charge is 0.275 e. The number of hydrogen-bond acceptors (Lipinski definition) is 5. The Bertz CT molecular complexity index is 935. The topological polar surface area (TPSA) is 76.1 Å². The highest BCUT2D eigenvalue weighted by Gasteiger charge is 2.10. The number of ether oxygens (including phenoxy) is 1. The predicted octanol–water partition coefficient (Wildman–Crippen LogP) is 4.27. The maximum Gasteiger partial charge on any atom is 0.275 e. The predicted molar refractivity (Wildman–Crippen MR) is 97.7 cm³/mol. The van der Waals surface area contributed by atoms with Crippen LogP contribution in [0.4, 0.5) is 21.6 Å². The second kappa shape index (κ2) is 7.79. The van der Waals surface area contributed by atoms with Crippen LogP contribution in [0.3, 0.4) is 0 Å². The number of amides is 1. The van der Waals surface area contributed by atoms with Gasteiger partial charge in [0.25, 0.3) is 5.91 Å². The molecule has 3 aromatic rings. The number of carbonyl (C=O) groups is 1. The van der Waals surface area contributed by atoms with E-state index in [2.05, 4.69) is 20.6 Å². The molecule has 6 nitrogen and oxygen atoms in total. The molecule has 0 radical (unpaired) electrons. The highest BCUT2D eigenvalue weighted by atomic mass is 35.5. The molecule has 2 aromatic carbocycles. The lowest BCUT2D eigenvalue weighted by atomic mass is 10.3. The molecule has 0 spiro atoms. The summed E-state index contributed by atoms with van der Waals surface area (Å²) in [4.78, 5) is 20.4. The lowest BCUT2D eigenvalue weighted by molar-refractivity contribution is 0.102. The average molecular weight is 373 g/mol. The first kappa shape index (κ1) is 17.6. The van der Waals surface area contributed by atoms with Crippen molar-refractivity contribution in [3.8, 4) is 5.75 Å². The monoisotopic (exact) mass is 372 g/mol. The van der Waals surface area contributed by atoms with E-state index in [0.29, 0.717) is 28.0 Å². The fourth-order valence-corrected chi connectivity index (χ4v) is 2.36. The van der Waals surface area contributed by atoms with Gasteiger partial charge < -0.3 is 15.4 Å². The first-order chi connectivity index (χ1) is 12.5. The van der Waals surface area contributed by atoms with Gasteiger partial charge in [-0.15, -0.1) is 0 Å². The minimum Gasteiger partial charge on any atom is -0.495 e. The summed E-state index contributed by atoms with van der Waals surface area (Å²) in [6.45, 7) is 0. The summed E-state index contributed by atoms with van der Waals surface area (Å²) in [5, 5.41) is 6.11. The molecule has 2 N–H and O–H groups in total. The Morgan fingerprint density at radius 1 is 1.15 bits per heavy atom. The number of carbonyl (C=O) groups excluding carboxylic acids is 1. The first-order valence-electron chi connectivity index (χ1n) is 7.54. The molecule has 0 bridgehead atoms. The summed E-state index contributed by atoms with van der Waals surface area (Å²) in [6.07, 6.45) is 2.72. The van der Waals surface area contributed by atoms with Crippen molar-refractivity contribution in [2.24, 2.45) is 0 Å². The summed E-state index contributed by atoms with van der Waals surface area (Å²) in [5.74, 6) is 0.0656. The van der Waals surface area contributed by atoms with Crippen LogP contribution in [-0.4, -0.2) is 23.0 Å². The van der Waals surface area contributed by atoms with Crippen LogP contribution < -0.4 is 15.4 Å². The van der Waals surface area contributed by atoms with Gasteiger partial charge in [0.15, 0.2) is 0 Å². The second-order valence-corrected chi connectivity index (χ2v) is 5.66. The zero-order chi connectivity index (χ0) is 18.5. The van der Waals surface area contributed by atoms with Gasteiger partial charge in [-0.2, -0.15) is 0 Å². The molecule has 132 valence electrons. The number of nitrogens with one attached hydrogen (secondary N) is 2. The summed E-state index contributed by atoms with van der Waals surface area (Å²) in [6, 6.07) is 10.7. The number of halogens is 2. The van der Waals surface area contributed by atoms with Crippen LogP contribution in [-0.2, 0) is 0 Å². The van der Waals surface area contributed by atoms with Gasteiger partial charge in [0.1, 0.15) is 23.1 Å². The molecule has 0 atom stereocenters. The number of nitrogens with zero attached hydrogens (tertiary/aromatic N) is 2. The molecule has 1 aromatic heterocycles. The highest BCUT2D eigenvalue weighted by molar-refractivity contribution is 6.31. The van der Waals surface area contributed by atoms with Crippen LogP contribution in [0.1, 0.15) is 10.5 Å².